The Bertz CT molecular complexity index is 377. The lowest BCUT2D eigenvalue weighted by atomic mass is 9.90. The Morgan fingerprint density at radius 2 is 2.05 bits per heavy atom. The molecule has 2 N–H and O–H groups in total. The summed E-state index contributed by atoms with van der Waals surface area (Å²) >= 11 is 0. The molecule has 0 spiro atoms. The van der Waals surface area contributed by atoms with Crippen LogP contribution in [0.3, 0.4) is 0 Å². The van der Waals surface area contributed by atoms with Crippen LogP contribution in [0.15, 0.2) is 12.7 Å². The van der Waals surface area contributed by atoms with Crippen LogP contribution < -0.4 is 5.32 Å². The maximum absolute atomic E-state index is 12.1. The highest BCUT2D eigenvalue weighted by Gasteiger charge is 2.53. The molecule has 1 aliphatic heterocycles. The van der Waals surface area contributed by atoms with E-state index in [2.05, 4.69) is 11.3 Å². The van der Waals surface area contributed by atoms with Gasteiger partial charge in [-0.3, -0.25) is 10.1 Å². The summed E-state index contributed by atoms with van der Waals surface area (Å²) in [5.74, 6) is -1.44. The van der Waals surface area contributed by atoms with Crippen LogP contribution in [0.1, 0.15) is 0 Å². The Balaban J connectivity index is 2.53. The largest absolute Gasteiger partial charge is 0.480 e. The third-order valence-electron chi connectivity index (χ3n) is 2.54. The average molecular weight is 282 g/mol. The second kappa shape index (κ2) is 5.47. The Morgan fingerprint density at radius 3 is 2.47 bits per heavy atom. The number of hydrogen-bond donors (Lipinski definition) is 2. The van der Waals surface area contributed by atoms with Crippen LogP contribution >= 0.6 is 0 Å². The van der Waals surface area contributed by atoms with Gasteiger partial charge in [0.2, 0.25) is 0 Å². The molecule has 0 saturated carbocycles. The summed E-state index contributed by atoms with van der Waals surface area (Å²) < 4.78 is 40.8. The highest BCUT2D eigenvalue weighted by Crippen LogP contribution is 2.24. The van der Waals surface area contributed by atoms with Crippen molar-refractivity contribution in [3.8, 4) is 0 Å². The van der Waals surface area contributed by atoms with Crippen LogP contribution in [0.2, 0.25) is 0 Å². The Morgan fingerprint density at radius 1 is 1.47 bits per heavy atom. The van der Waals surface area contributed by atoms with Crippen LogP contribution in [0.5, 0.6) is 0 Å². The molecule has 0 bridgehead atoms. The molecule has 0 unspecified atom stereocenters. The van der Waals surface area contributed by atoms with Gasteiger partial charge in [0.1, 0.15) is 6.61 Å². The minimum Gasteiger partial charge on any atom is -0.480 e. The fraction of sp³-hybridized carbons (Fsp3) is 0.600. The second-order valence-corrected chi connectivity index (χ2v) is 4.08. The summed E-state index contributed by atoms with van der Waals surface area (Å²) in [5, 5.41) is 10.9. The van der Waals surface area contributed by atoms with Crippen LogP contribution in [0, 0.1) is 0 Å². The van der Waals surface area contributed by atoms with Gasteiger partial charge in [0.15, 0.2) is 5.54 Å². The second-order valence-electron chi connectivity index (χ2n) is 4.08. The Labute approximate surface area is 106 Å². The van der Waals surface area contributed by atoms with Gasteiger partial charge in [0.25, 0.3) is 0 Å². The van der Waals surface area contributed by atoms with Gasteiger partial charge in [0.05, 0.1) is 19.6 Å². The average Bonchev–Trinajstić information content (AvgIpc) is 2.22. The lowest BCUT2D eigenvalue weighted by Crippen LogP contribution is -2.75. The van der Waals surface area contributed by atoms with E-state index in [-0.39, 0.29) is 19.7 Å². The molecule has 1 fully saturated rings. The van der Waals surface area contributed by atoms with Crippen molar-refractivity contribution in [1.29, 1.82) is 0 Å². The van der Waals surface area contributed by atoms with Crippen molar-refractivity contribution in [2.75, 3.05) is 26.2 Å². The molecule has 0 aromatic rings. The van der Waals surface area contributed by atoms with E-state index in [1.165, 1.54) is 6.08 Å². The number of carboxylic acid groups (broad SMARTS) is 1. The zero-order chi connectivity index (χ0) is 14.7. The van der Waals surface area contributed by atoms with Crippen molar-refractivity contribution in [1.82, 2.24) is 10.2 Å². The molecule has 0 radical (unpaired) electrons. The first-order valence-corrected chi connectivity index (χ1v) is 5.28. The zero-order valence-electron chi connectivity index (χ0n) is 9.87. The number of rotatable bonds is 5. The first kappa shape index (κ1) is 15.3. The van der Waals surface area contributed by atoms with Crippen molar-refractivity contribution in [2.45, 2.75) is 11.7 Å². The third kappa shape index (κ3) is 3.85. The van der Waals surface area contributed by atoms with Crippen LogP contribution in [0.4, 0.5) is 18.0 Å². The molecule has 0 atom stereocenters. The number of ether oxygens (including phenoxy) is 1. The SMILES string of the molecule is C=CCOC(=O)N1CC(NCC(F)(F)F)(C(=O)O)C1. The third-order valence-corrected chi connectivity index (χ3v) is 2.54. The van der Waals surface area contributed by atoms with E-state index in [9.17, 15) is 22.8 Å². The molecule has 9 heteroatoms. The lowest BCUT2D eigenvalue weighted by Gasteiger charge is -2.46. The number of nitrogens with one attached hydrogen (secondary N) is 1. The van der Waals surface area contributed by atoms with Gasteiger partial charge >= 0.3 is 18.2 Å². The normalized spacial score (nSPS) is 17.5. The quantitative estimate of drug-likeness (QED) is 0.722. The molecule has 0 aromatic carbocycles. The summed E-state index contributed by atoms with van der Waals surface area (Å²) in [4.78, 5) is 23.3. The first-order chi connectivity index (χ1) is 8.70. The first-order valence-electron chi connectivity index (χ1n) is 5.28. The summed E-state index contributed by atoms with van der Waals surface area (Å²) in [7, 11) is 0. The molecule has 1 rings (SSSR count). The van der Waals surface area contributed by atoms with Gasteiger partial charge in [-0.1, -0.05) is 12.7 Å². The Kier molecular flexibility index (Phi) is 4.40. The highest BCUT2D eigenvalue weighted by atomic mass is 19.4. The highest BCUT2D eigenvalue weighted by molar-refractivity contribution is 5.84. The van der Waals surface area contributed by atoms with Crippen molar-refractivity contribution >= 4 is 12.1 Å². The number of halogens is 3. The van der Waals surface area contributed by atoms with E-state index in [1.807, 2.05) is 5.32 Å². The summed E-state index contributed by atoms with van der Waals surface area (Å²) in [6.45, 7) is 1.07. The van der Waals surface area contributed by atoms with Gasteiger partial charge in [0, 0.05) is 0 Å². The molecule has 1 heterocycles. The number of aliphatic carboxylic acids is 1. The van der Waals surface area contributed by atoms with E-state index < -0.39 is 30.3 Å². The number of nitrogens with zero attached hydrogens (tertiary/aromatic N) is 1. The summed E-state index contributed by atoms with van der Waals surface area (Å²) in [6.07, 6.45) is -3.98. The zero-order valence-corrected chi connectivity index (χ0v) is 9.87. The van der Waals surface area contributed by atoms with Gasteiger partial charge in [-0.05, 0) is 0 Å². The fourth-order valence-corrected chi connectivity index (χ4v) is 1.55. The fourth-order valence-electron chi connectivity index (χ4n) is 1.55. The minimum absolute atomic E-state index is 0.0502. The van der Waals surface area contributed by atoms with Gasteiger partial charge in [-0.2, -0.15) is 13.2 Å². The van der Waals surface area contributed by atoms with Gasteiger partial charge < -0.3 is 14.7 Å². The van der Waals surface area contributed by atoms with Crippen LogP contribution in [-0.2, 0) is 9.53 Å². The van der Waals surface area contributed by atoms with Gasteiger partial charge in [-0.15, -0.1) is 0 Å². The summed E-state index contributed by atoms with van der Waals surface area (Å²) in [6, 6.07) is 0. The topological polar surface area (TPSA) is 78.9 Å². The molecule has 6 nitrogen and oxygen atoms in total. The molecule has 19 heavy (non-hydrogen) atoms. The van der Waals surface area contributed by atoms with E-state index in [1.54, 1.807) is 0 Å². The lowest BCUT2D eigenvalue weighted by molar-refractivity contribution is -0.158. The number of likely N-dealkylation sites (tertiary alicyclic amines) is 1. The molecule has 1 aliphatic rings. The number of carbonyl (C=O) groups is 2. The number of carbonyl (C=O) groups excluding carboxylic acids is 1. The minimum atomic E-state index is -4.52. The molecular weight excluding hydrogens is 269 g/mol. The number of hydrogen-bond acceptors (Lipinski definition) is 4. The van der Waals surface area contributed by atoms with E-state index in [0.717, 1.165) is 4.90 Å². The monoisotopic (exact) mass is 282 g/mol. The smallest absolute Gasteiger partial charge is 0.410 e. The molecular formula is C10H13F3N2O4. The molecule has 0 aromatic heterocycles. The molecule has 0 aliphatic carbocycles. The molecule has 1 amide bonds. The van der Waals surface area contributed by atoms with E-state index in [0.29, 0.717) is 0 Å². The number of alkyl halides is 3. The standard InChI is InChI=1S/C10H13F3N2O4/c1-2-3-19-8(18)15-5-9(6-15,7(16)17)14-4-10(11,12)13/h2,14H,1,3-6H2,(H,16,17). The predicted octanol–water partition coefficient (Wildman–Crippen LogP) is 0.600. The molecule has 108 valence electrons. The molecule has 1 saturated heterocycles. The van der Waals surface area contributed by atoms with Crippen molar-refractivity contribution in [3.63, 3.8) is 0 Å². The number of amides is 1. The van der Waals surface area contributed by atoms with E-state index >= 15 is 0 Å². The Hall–Kier alpha value is -1.77. The van der Waals surface area contributed by atoms with Crippen LogP contribution in [-0.4, -0.2) is 60.0 Å². The van der Waals surface area contributed by atoms with Crippen molar-refractivity contribution in [3.05, 3.63) is 12.7 Å². The maximum Gasteiger partial charge on any atom is 0.410 e. The number of carboxylic acids is 1. The predicted molar refractivity (Wildman–Crippen MR) is 57.5 cm³/mol. The maximum atomic E-state index is 12.1. The summed E-state index contributed by atoms with van der Waals surface area (Å²) in [5.41, 5.74) is -1.78. The van der Waals surface area contributed by atoms with E-state index in [4.69, 9.17) is 5.11 Å². The van der Waals surface area contributed by atoms with Crippen molar-refractivity contribution in [2.24, 2.45) is 0 Å². The van der Waals surface area contributed by atoms with Gasteiger partial charge in [-0.25, -0.2) is 4.79 Å². The van der Waals surface area contributed by atoms with Crippen LogP contribution in [0.25, 0.3) is 0 Å². The van der Waals surface area contributed by atoms with Crippen molar-refractivity contribution < 1.29 is 32.6 Å².